The van der Waals surface area contributed by atoms with E-state index in [0.717, 1.165) is 0 Å². The van der Waals surface area contributed by atoms with Crippen molar-refractivity contribution in [2.24, 2.45) is 5.41 Å². The maximum atomic E-state index is 2.51. The molecule has 10 heavy (non-hydrogen) atoms. The van der Waals surface area contributed by atoms with Crippen LogP contribution < -0.4 is 0 Å². The van der Waals surface area contributed by atoms with Crippen LogP contribution in [0.25, 0.3) is 0 Å². The van der Waals surface area contributed by atoms with Crippen LogP contribution in [0.4, 0.5) is 0 Å². The fourth-order valence-electron chi connectivity index (χ4n) is 2.02. The van der Waals surface area contributed by atoms with E-state index in [4.69, 9.17) is 0 Å². The van der Waals surface area contributed by atoms with E-state index in [1.165, 1.54) is 32.5 Å². The molecule has 1 fully saturated rings. The van der Waals surface area contributed by atoms with E-state index in [2.05, 4.69) is 25.7 Å². The van der Waals surface area contributed by atoms with Crippen LogP contribution in [0.2, 0.25) is 0 Å². The highest BCUT2D eigenvalue weighted by atomic mass is 15.2. The van der Waals surface area contributed by atoms with E-state index < -0.39 is 0 Å². The lowest BCUT2D eigenvalue weighted by Gasteiger charge is -2.48. The second-order valence-electron chi connectivity index (χ2n) is 3.86. The quantitative estimate of drug-likeness (QED) is 0.582. The molecule has 1 aliphatic rings. The Hall–Kier alpha value is -0.0400. The molecule has 1 saturated heterocycles. The van der Waals surface area contributed by atoms with Gasteiger partial charge < -0.3 is 4.90 Å². The Balaban J connectivity index is 2.20. The van der Waals surface area contributed by atoms with Crippen molar-refractivity contribution in [2.45, 2.75) is 33.6 Å². The first-order chi connectivity index (χ1) is 4.70. The van der Waals surface area contributed by atoms with E-state index in [-0.39, 0.29) is 0 Å². The average Bonchev–Trinajstić information content (AvgIpc) is 1.83. The largest absolute Gasteiger partial charge is 0.302 e. The van der Waals surface area contributed by atoms with Crippen LogP contribution in [0, 0.1) is 5.41 Å². The third kappa shape index (κ3) is 1.51. The molecule has 1 aliphatic heterocycles. The van der Waals surface area contributed by atoms with Crippen molar-refractivity contribution >= 4 is 0 Å². The van der Waals surface area contributed by atoms with E-state index in [1.54, 1.807) is 0 Å². The molecule has 0 unspecified atom stereocenters. The summed E-state index contributed by atoms with van der Waals surface area (Å²) in [5, 5.41) is 0. The van der Waals surface area contributed by atoms with Crippen LogP contribution in [0.3, 0.4) is 0 Å². The number of nitrogens with zero attached hydrogens (tertiary/aromatic N) is 1. The summed E-state index contributed by atoms with van der Waals surface area (Å²) in [6.45, 7) is 10.8. The van der Waals surface area contributed by atoms with Crippen LogP contribution in [-0.2, 0) is 0 Å². The van der Waals surface area contributed by atoms with Crippen molar-refractivity contribution in [3.8, 4) is 0 Å². The van der Waals surface area contributed by atoms with Crippen molar-refractivity contribution in [3.63, 3.8) is 0 Å². The SMILES string of the molecule is CCCC1(C)CN(CC)C1. The summed E-state index contributed by atoms with van der Waals surface area (Å²) in [5.41, 5.74) is 0.671. The van der Waals surface area contributed by atoms with Gasteiger partial charge in [0.05, 0.1) is 0 Å². The monoisotopic (exact) mass is 141 g/mol. The molecule has 1 heterocycles. The molecule has 0 amide bonds. The van der Waals surface area contributed by atoms with Gasteiger partial charge in [-0.3, -0.25) is 0 Å². The number of hydrogen-bond acceptors (Lipinski definition) is 1. The molecular formula is C9H19N. The Kier molecular flexibility index (Phi) is 2.35. The van der Waals surface area contributed by atoms with Gasteiger partial charge in [-0.2, -0.15) is 0 Å². The number of likely N-dealkylation sites (tertiary alicyclic amines) is 1. The summed E-state index contributed by atoms with van der Waals surface area (Å²) in [4.78, 5) is 2.51. The highest BCUT2D eigenvalue weighted by Crippen LogP contribution is 2.33. The Morgan fingerprint density at radius 3 is 2.30 bits per heavy atom. The maximum absolute atomic E-state index is 2.51. The molecule has 0 bridgehead atoms. The molecule has 0 radical (unpaired) electrons. The zero-order valence-electron chi connectivity index (χ0n) is 7.48. The lowest BCUT2D eigenvalue weighted by molar-refractivity contribution is 0.0130. The molecule has 0 saturated carbocycles. The maximum Gasteiger partial charge on any atom is 0.00477 e. The van der Waals surface area contributed by atoms with Crippen LogP contribution in [0.15, 0.2) is 0 Å². The summed E-state index contributed by atoms with van der Waals surface area (Å²) in [5.74, 6) is 0. The standard InChI is InChI=1S/C9H19N/c1-4-6-9(3)7-10(5-2)8-9/h4-8H2,1-3H3. The number of rotatable bonds is 3. The lowest BCUT2D eigenvalue weighted by atomic mass is 9.78. The number of hydrogen-bond donors (Lipinski definition) is 0. The Labute approximate surface area is 64.4 Å². The summed E-state index contributed by atoms with van der Waals surface area (Å²) < 4.78 is 0. The van der Waals surface area contributed by atoms with Crippen molar-refractivity contribution in [1.82, 2.24) is 4.90 Å². The van der Waals surface area contributed by atoms with E-state index >= 15 is 0 Å². The van der Waals surface area contributed by atoms with Gasteiger partial charge in [0.15, 0.2) is 0 Å². The minimum absolute atomic E-state index is 0.671. The Morgan fingerprint density at radius 1 is 1.30 bits per heavy atom. The molecule has 0 aromatic carbocycles. The molecule has 60 valence electrons. The first-order valence-corrected chi connectivity index (χ1v) is 4.42. The molecule has 0 aromatic heterocycles. The van der Waals surface area contributed by atoms with Gasteiger partial charge in [0.25, 0.3) is 0 Å². The van der Waals surface area contributed by atoms with Crippen LogP contribution in [0.5, 0.6) is 0 Å². The molecular weight excluding hydrogens is 122 g/mol. The highest BCUT2D eigenvalue weighted by Gasteiger charge is 2.36. The van der Waals surface area contributed by atoms with Crippen molar-refractivity contribution < 1.29 is 0 Å². The first kappa shape index (κ1) is 8.06. The molecule has 0 spiro atoms. The fourth-order valence-corrected chi connectivity index (χ4v) is 2.02. The van der Waals surface area contributed by atoms with E-state index in [1.807, 2.05) is 0 Å². The summed E-state index contributed by atoms with van der Waals surface area (Å²) >= 11 is 0. The molecule has 0 aliphatic carbocycles. The normalized spacial score (nSPS) is 24.3. The van der Waals surface area contributed by atoms with Crippen LogP contribution in [-0.4, -0.2) is 24.5 Å². The summed E-state index contributed by atoms with van der Waals surface area (Å²) in [6, 6.07) is 0. The van der Waals surface area contributed by atoms with Gasteiger partial charge in [-0.25, -0.2) is 0 Å². The Morgan fingerprint density at radius 2 is 1.90 bits per heavy atom. The van der Waals surface area contributed by atoms with Crippen molar-refractivity contribution in [2.75, 3.05) is 19.6 Å². The highest BCUT2D eigenvalue weighted by molar-refractivity contribution is 4.89. The minimum Gasteiger partial charge on any atom is -0.302 e. The second kappa shape index (κ2) is 2.91. The third-order valence-corrected chi connectivity index (χ3v) is 2.51. The van der Waals surface area contributed by atoms with Gasteiger partial charge in [0.2, 0.25) is 0 Å². The van der Waals surface area contributed by atoms with Crippen molar-refractivity contribution in [3.05, 3.63) is 0 Å². The zero-order valence-corrected chi connectivity index (χ0v) is 7.48. The van der Waals surface area contributed by atoms with Gasteiger partial charge in [-0.1, -0.05) is 27.2 Å². The molecule has 1 rings (SSSR count). The molecule has 0 atom stereocenters. The van der Waals surface area contributed by atoms with Gasteiger partial charge in [-0.05, 0) is 18.4 Å². The third-order valence-electron chi connectivity index (χ3n) is 2.51. The van der Waals surface area contributed by atoms with E-state index in [0.29, 0.717) is 5.41 Å². The van der Waals surface area contributed by atoms with Gasteiger partial charge in [0, 0.05) is 13.1 Å². The Bertz CT molecular complexity index is 103. The molecule has 0 aromatic rings. The van der Waals surface area contributed by atoms with Gasteiger partial charge in [-0.15, -0.1) is 0 Å². The van der Waals surface area contributed by atoms with Gasteiger partial charge >= 0.3 is 0 Å². The average molecular weight is 141 g/mol. The molecule has 1 heteroatoms. The topological polar surface area (TPSA) is 3.24 Å². The smallest absolute Gasteiger partial charge is 0.00477 e. The first-order valence-electron chi connectivity index (χ1n) is 4.42. The molecule has 1 nitrogen and oxygen atoms in total. The van der Waals surface area contributed by atoms with Gasteiger partial charge in [0.1, 0.15) is 0 Å². The zero-order chi connectivity index (χ0) is 7.61. The minimum atomic E-state index is 0.671. The predicted octanol–water partition coefficient (Wildman–Crippen LogP) is 2.13. The molecule has 0 N–H and O–H groups in total. The predicted molar refractivity (Wildman–Crippen MR) is 45.1 cm³/mol. The van der Waals surface area contributed by atoms with Crippen molar-refractivity contribution in [1.29, 1.82) is 0 Å². The summed E-state index contributed by atoms with van der Waals surface area (Å²) in [6.07, 6.45) is 2.75. The second-order valence-corrected chi connectivity index (χ2v) is 3.86. The summed E-state index contributed by atoms with van der Waals surface area (Å²) in [7, 11) is 0. The lowest BCUT2D eigenvalue weighted by Crippen LogP contribution is -2.54. The fraction of sp³-hybridized carbons (Fsp3) is 1.00. The van der Waals surface area contributed by atoms with E-state index in [9.17, 15) is 0 Å². The van der Waals surface area contributed by atoms with Crippen LogP contribution in [0.1, 0.15) is 33.6 Å². The van der Waals surface area contributed by atoms with Crippen LogP contribution >= 0.6 is 0 Å².